The van der Waals surface area contributed by atoms with Crippen LogP contribution in [0, 0.1) is 0 Å². The molecule has 3 amide bonds. The van der Waals surface area contributed by atoms with Gasteiger partial charge in [-0.15, -0.1) is 0 Å². The van der Waals surface area contributed by atoms with Crippen molar-refractivity contribution in [1.82, 2.24) is 19.7 Å². The molecule has 0 saturated carbocycles. The number of piperazine rings is 1. The maximum atomic E-state index is 12.6. The second-order valence-electron chi connectivity index (χ2n) is 8.19. The third kappa shape index (κ3) is 5.56. The fourth-order valence-corrected chi connectivity index (χ4v) is 4.05. The molecule has 1 aromatic carbocycles. The molecule has 2 aliphatic heterocycles. The first-order chi connectivity index (χ1) is 15.5. The average molecular weight is 458 g/mol. The van der Waals surface area contributed by atoms with Crippen molar-refractivity contribution >= 4 is 29.8 Å². The lowest BCUT2D eigenvalue weighted by Crippen LogP contribution is -2.44. The van der Waals surface area contributed by atoms with E-state index >= 15 is 0 Å². The summed E-state index contributed by atoms with van der Waals surface area (Å²) in [5, 5.41) is 5.98. The zero-order valence-electron chi connectivity index (χ0n) is 18.2. The smallest absolute Gasteiger partial charge is 0.347 e. The first kappa shape index (κ1) is 22.5. The number of unbranched alkanes of at least 4 members (excludes halogenated alkanes) is 1. The summed E-state index contributed by atoms with van der Waals surface area (Å²) >= 11 is 6.03. The normalized spacial score (nSPS) is 18.4. The van der Waals surface area contributed by atoms with Crippen LogP contribution in [0.3, 0.4) is 0 Å². The summed E-state index contributed by atoms with van der Waals surface area (Å²) in [6, 6.07) is 10.6. The molecular weight excluding hydrogens is 430 g/mol. The Labute approximate surface area is 193 Å². The number of hydrazone groups is 1. The van der Waals surface area contributed by atoms with Crippen molar-refractivity contribution in [1.29, 1.82) is 0 Å². The summed E-state index contributed by atoms with van der Waals surface area (Å²) in [5.41, 5.74) is 0.854. The maximum Gasteiger partial charge on any atom is 0.347 e. The number of urea groups is 1. The molecule has 8 nitrogen and oxygen atoms in total. The van der Waals surface area contributed by atoms with Crippen molar-refractivity contribution in [3.05, 3.63) is 47.2 Å². The van der Waals surface area contributed by atoms with Crippen LogP contribution in [0.4, 0.5) is 4.79 Å². The van der Waals surface area contributed by atoms with Crippen molar-refractivity contribution in [2.24, 2.45) is 5.10 Å². The molecule has 2 aliphatic rings. The van der Waals surface area contributed by atoms with Gasteiger partial charge in [0.1, 0.15) is 18.1 Å². The maximum absolute atomic E-state index is 12.6. The number of halogens is 1. The fraction of sp³-hybridized carbons (Fsp3) is 0.435. The van der Waals surface area contributed by atoms with Crippen LogP contribution < -0.4 is 0 Å². The van der Waals surface area contributed by atoms with Gasteiger partial charge in [0.15, 0.2) is 0 Å². The highest BCUT2D eigenvalue weighted by Crippen LogP contribution is 2.24. The van der Waals surface area contributed by atoms with E-state index in [-0.39, 0.29) is 18.5 Å². The van der Waals surface area contributed by atoms with Crippen LogP contribution in [0.15, 0.2) is 45.9 Å². The molecule has 4 rings (SSSR count). The first-order valence-electron chi connectivity index (χ1n) is 10.9. The lowest BCUT2D eigenvalue weighted by atomic mass is 10.2. The number of carbonyl (C=O) groups is 2. The highest BCUT2D eigenvalue weighted by molar-refractivity contribution is 6.30. The Morgan fingerprint density at radius 3 is 2.62 bits per heavy atom. The van der Waals surface area contributed by atoms with E-state index in [0.29, 0.717) is 23.1 Å². The minimum atomic E-state index is -0.382. The number of imide groups is 1. The van der Waals surface area contributed by atoms with Crippen LogP contribution in [0.5, 0.6) is 0 Å². The molecule has 0 radical (unpaired) electrons. The van der Waals surface area contributed by atoms with E-state index in [2.05, 4.69) is 21.9 Å². The molecule has 3 heterocycles. The zero-order valence-corrected chi connectivity index (χ0v) is 19.0. The van der Waals surface area contributed by atoms with Crippen LogP contribution in [0.1, 0.15) is 18.6 Å². The number of hydrogen-bond donors (Lipinski definition) is 0. The number of furan rings is 1. The van der Waals surface area contributed by atoms with Crippen molar-refractivity contribution < 1.29 is 14.0 Å². The van der Waals surface area contributed by atoms with E-state index in [0.717, 1.165) is 51.1 Å². The average Bonchev–Trinajstić information content (AvgIpc) is 3.36. The third-order valence-electron chi connectivity index (χ3n) is 5.80. The molecule has 0 unspecified atom stereocenters. The van der Waals surface area contributed by atoms with Gasteiger partial charge in [0.05, 0.1) is 6.21 Å². The second kappa shape index (κ2) is 10.3. The molecule has 2 saturated heterocycles. The summed E-state index contributed by atoms with van der Waals surface area (Å²) in [6.07, 6.45) is 3.21. The highest BCUT2D eigenvalue weighted by atomic mass is 35.5. The van der Waals surface area contributed by atoms with Crippen LogP contribution in [0.2, 0.25) is 5.02 Å². The Hall–Kier alpha value is -2.68. The van der Waals surface area contributed by atoms with Crippen molar-refractivity contribution in [2.45, 2.75) is 12.8 Å². The molecule has 9 heteroatoms. The monoisotopic (exact) mass is 457 g/mol. The van der Waals surface area contributed by atoms with Gasteiger partial charge in [-0.3, -0.25) is 9.69 Å². The summed E-state index contributed by atoms with van der Waals surface area (Å²) in [7, 11) is 2.14. The van der Waals surface area contributed by atoms with Crippen LogP contribution in [0.25, 0.3) is 11.3 Å². The Balaban J connectivity index is 1.26. The lowest BCUT2D eigenvalue weighted by Gasteiger charge is -2.32. The van der Waals surface area contributed by atoms with Gasteiger partial charge < -0.3 is 14.2 Å². The Morgan fingerprint density at radius 2 is 1.84 bits per heavy atom. The molecule has 1 aromatic heterocycles. The first-order valence-corrected chi connectivity index (χ1v) is 11.3. The molecule has 0 aliphatic carbocycles. The van der Waals surface area contributed by atoms with Crippen molar-refractivity contribution in [3.63, 3.8) is 0 Å². The van der Waals surface area contributed by atoms with Gasteiger partial charge in [0.2, 0.25) is 0 Å². The van der Waals surface area contributed by atoms with E-state index in [1.165, 1.54) is 16.1 Å². The van der Waals surface area contributed by atoms with Gasteiger partial charge in [0.25, 0.3) is 5.91 Å². The molecular formula is C23H28ClN5O3. The third-order valence-corrected chi connectivity index (χ3v) is 6.04. The van der Waals surface area contributed by atoms with Gasteiger partial charge >= 0.3 is 6.03 Å². The molecule has 170 valence electrons. The minimum Gasteiger partial charge on any atom is -0.455 e. The molecule has 2 aromatic rings. The SMILES string of the molecule is CN1CCN(CCCCN2C(=O)CN(/N=C/c3ccc(-c4cccc(Cl)c4)o3)C2=O)CC1. The number of amides is 3. The summed E-state index contributed by atoms with van der Waals surface area (Å²) < 4.78 is 5.77. The summed E-state index contributed by atoms with van der Waals surface area (Å²) in [5.74, 6) is 0.927. The topological polar surface area (TPSA) is 72.6 Å². The molecule has 0 spiro atoms. The van der Waals surface area contributed by atoms with Gasteiger partial charge in [-0.2, -0.15) is 5.10 Å². The Morgan fingerprint density at radius 1 is 1.06 bits per heavy atom. The number of rotatable bonds is 8. The second-order valence-corrected chi connectivity index (χ2v) is 8.63. The standard InChI is InChI=1S/C23H28ClN5O3/c1-26-11-13-27(14-12-26)9-2-3-10-28-22(30)17-29(23(28)31)25-16-20-7-8-21(32-20)18-5-4-6-19(24)15-18/h4-8,15-16H,2-3,9-14,17H2,1H3/b25-16+. The highest BCUT2D eigenvalue weighted by Gasteiger charge is 2.35. The number of carbonyl (C=O) groups excluding carboxylic acids is 2. The fourth-order valence-electron chi connectivity index (χ4n) is 3.86. The molecule has 32 heavy (non-hydrogen) atoms. The number of nitrogens with zero attached hydrogens (tertiary/aromatic N) is 5. The quantitative estimate of drug-likeness (QED) is 0.346. The summed E-state index contributed by atoms with van der Waals surface area (Å²) in [6.45, 7) is 5.71. The minimum absolute atomic E-state index is 0.0460. The Bertz CT molecular complexity index is 984. The molecule has 0 N–H and O–H groups in total. The van der Waals surface area contributed by atoms with Crippen molar-refractivity contribution in [3.8, 4) is 11.3 Å². The largest absolute Gasteiger partial charge is 0.455 e. The van der Waals surface area contributed by atoms with Crippen LogP contribution in [-0.2, 0) is 4.79 Å². The molecule has 2 fully saturated rings. The van der Waals surface area contributed by atoms with Gasteiger partial charge in [0, 0.05) is 43.3 Å². The van der Waals surface area contributed by atoms with Crippen molar-refractivity contribution in [2.75, 3.05) is 52.9 Å². The summed E-state index contributed by atoms with van der Waals surface area (Å²) in [4.78, 5) is 30.9. The van der Waals surface area contributed by atoms with E-state index in [1.54, 1.807) is 12.1 Å². The number of hydrogen-bond acceptors (Lipinski definition) is 6. The van der Waals surface area contributed by atoms with Gasteiger partial charge in [-0.05, 0) is 50.7 Å². The van der Waals surface area contributed by atoms with Crippen LogP contribution in [-0.4, -0.2) is 90.7 Å². The predicted molar refractivity (Wildman–Crippen MR) is 124 cm³/mol. The van der Waals surface area contributed by atoms with E-state index in [1.807, 2.05) is 24.3 Å². The van der Waals surface area contributed by atoms with Crippen LogP contribution >= 0.6 is 11.6 Å². The predicted octanol–water partition coefficient (Wildman–Crippen LogP) is 3.23. The Kier molecular flexibility index (Phi) is 7.24. The number of likely N-dealkylation sites (N-methyl/N-ethyl adjacent to an activating group) is 1. The van der Waals surface area contributed by atoms with Gasteiger partial charge in [-0.25, -0.2) is 9.80 Å². The molecule has 0 atom stereocenters. The van der Waals surface area contributed by atoms with E-state index < -0.39 is 0 Å². The number of benzene rings is 1. The zero-order chi connectivity index (χ0) is 22.5. The lowest BCUT2D eigenvalue weighted by molar-refractivity contribution is -0.125. The van der Waals surface area contributed by atoms with E-state index in [9.17, 15) is 9.59 Å². The molecule has 0 bridgehead atoms. The van der Waals surface area contributed by atoms with E-state index in [4.69, 9.17) is 16.0 Å². The van der Waals surface area contributed by atoms with Gasteiger partial charge in [-0.1, -0.05) is 23.7 Å².